The normalized spacial score (nSPS) is 11.0. The summed E-state index contributed by atoms with van der Waals surface area (Å²) < 4.78 is 16.6. The number of hydrogen-bond donors (Lipinski definition) is 1. The summed E-state index contributed by atoms with van der Waals surface area (Å²) in [6.07, 6.45) is 1.17. The molecule has 1 N–H and O–H groups in total. The predicted octanol–water partition coefficient (Wildman–Crippen LogP) is 4.87. The zero-order chi connectivity index (χ0) is 20.3. The summed E-state index contributed by atoms with van der Waals surface area (Å²) in [5.74, 6) is 0.578. The number of aliphatic carboxylic acids is 1. The summed E-state index contributed by atoms with van der Waals surface area (Å²) in [7, 11) is 0. The van der Waals surface area contributed by atoms with E-state index in [0.717, 1.165) is 5.56 Å². The lowest BCUT2D eigenvalue weighted by Gasteiger charge is -2.12. The summed E-state index contributed by atoms with van der Waals surface area (Å²) >= 11 is 0. The van der Waals surface area contributed by atoms with Crippen molar-refractivity contribution < 1.29 is 23.8 Å². The van der Waals surface area contributed by atoms with E-state index >= 15 is 0 Å². The van der Waals surface area contributed by atoms with Gasteiger partial charge in [-0.05, 0) is 48.2 Å². The van der Waals surface area contributed by atoms with Crippen molar-refractivity contribution in [2.75, 3.05) is 6.61 Å². The van der Waals surface area contributed by atoms with E-state index in [1.165, 1.54) is 11.8 Å². The highest BCUT2D eigenvalue weighted by molar-refractivity contribution is 5.79. The van der Waals surface area contributed by atoms with Gasteiger partial charge in [0.2, 0.25) is 11.2 Å². The average molecular weight is 382 g/mol. The zero-order valence-corrected chi connectivity index (χ0v) is 16.0. The van der Waals surface area contributed by atoms with Crippen LogP contribution in [0.5, 0.6) is 17.2 Å². The van der Waals surface area contributed by atoms with Crippen LogP contribution in [-0.4, -0.2) is 17.7 Å². The molecule has 0 saturated heterocycles. The van der Waals surface area contributed by atoms with Crippen LogP contribution in [0.1, 0.15) is 37.3 Å². The molecule has 0 fully saturated rings. The number of fused-ring (bicyclic) bond motifs is 1. The second kappa shape index (κ2) is 8.17. The molecule has 0 aliphatic rings. The Morgan fingerprint density at radius 3 is 2.57 bits per heavy atom. The fraction of sp³-hybridized carbons (Fsp3) is 0.273. The van der Waals surface area contributed by atoms with Crippen LogP contribution in [0.25, 0.3) is 11.0 Å². The van der Waals surface area contributed by atoms with E-state index in [-0.39, 0.29) is 24.2 Å². The minimum Gasteiger partial charge on any atom is -0.493 e. The van der Waals surface area contributed by atoms with Crippen molar-refractivity contribution in [2.45, 2.75) is 33.1 Å². The Bertz CT molecular complexity index is 1060. The molecule has 6 nitrogen and oxygen atoms in total. The molecule has 6 heteroatoms. The monoisotopic (exact) mass is 382 g/mol. The smallest absolute Gasteiger partial charge is 0.306 e. The molecule has 1 heterocycles. The number of ether oxygens (including phenoxy) is 2. The molecule has 0 aliphatic heterocycles. The molecule has 28 heavy (non-hydrogen) atoms. The standard InChI is InChI=1S/C22H22O6/c1-13(2)17-6-5-16(10-14(17)3)28-20-12-27-19-11-15(26-9-8-21(23)24)4-7-18(19)22(20)25/h4-7,10-13H,8-9H2,1-3H3,(H,23,24). The van der Waals surface area contributed by atoms with Crippen LogP contribution in [0.2, 0.25) is 0 Å². The van der Waals surface area contributed by atoms with Crippen LogP contribution in [0, 0.1) is 6.92 Å². The molecular weight excluding hydrogens is 360 g/mol. The lowest BCUT2D eigenvalue weighted by molar-refractivity contribution is -0.137. The number of rotatable bonds is 7. The Labute approximate surface area is 162 Å². The van der Waals surface area contributed by atoms with E-state index in [9.17, 15) is 9.59 Å². The third-order valence-corrected chi connectivity index (χ3v) is 4.39. The number of carboxylic acid groups (broad SMARTS) is 1. The van der Waals surface area contributed by atoms with Crippen LogP contribution in [-0.2, 0) is 4.79 Å². The Morgan fingerprint density at radius 1 is 1.14 bits per heavy atom. The minimum absolute atomic E-state index is 0.0397. The first-order chi connectivity index (χ1) is 13.3. The molecule has 0 atom stereocenters. The van der Waals surface area contributed by atoms with Gasteiger partial charge in [-0.2, -0.15) is 0 Å². The van der Waals surface area contributed by atoms with Gasteiger partial charge in [0.25, 0.3) is 0 Å². The van der Waals surface area contributed by atoms with Gasteiger partial charge in [-0.1, -0.05) is 19.9 Å². The lowest BCUT2D eigenvalue weighted by atomic mass is 9.98. The van der Waals surface area contributed by atoms with Crippen molar-refractivity contribution in [1.82, 2.24) is 0 Å². The van der Waals surface area contributed by atoms with Crippen molar-refractivity contribution in [3.8, 4) is 17.2 Å². The Balaban J connectivity index is 1.83. The number of carboxylic acids is 1. The van der Waals surface area contributed by atoms with Crippen LogP contribution >= 0.6 is 0 Å². The maximum Gasteiger partial charge on any atom is 0.306 e. The molecule has 0 unspecified atom stereocenters. The van der Waals surface area contributed by atoms with E-state index in [2.05, 4.69) is 13.8 Å². The maximum atomic E-state index is 12.7. The van der Waals surface area contributed by atoms with Gasteiger partial charge in [0.15, 0.2) is 0 Å². The van der Waals surface area contributed by atoms with Crippen molar-refractivity contribution in [3.05, 3.63) is 64.0 Å². The molecule has 146 valence electrons. The van der Waals surface area contributed by atoms with E-state index in [0.29, 0.717) is 28.4 Å². The highest BCUT2D eigenvalue weighted by Gasteiger charge is 2.12. The van der Waals surface area contributed by atoms with Crippen LogP contribution in [0.15, 0.2) is 51.9 Å². The Morgan fingerprint density at radius 2 is 1.89 bits per heavy atom. The summed E-state index contributed by atoms with van der Waals surface area (Å²) in [5, 5.41) is 9.02. The molecule has 3 rings (SSSR count). The van der Waals surface area contributed by atoms with Gasteiger partial charge >= 0.3 is 5.97 Å². The number of aryl methyl sites for hydroxylation is 1. The number of benzene rings is 2. The molecule has 0 amide bonds. The first-order valence-electron chi connectivity index (χ1n) is 9.03. The SMILES string of the molecule is Cc1cc(Oc2coc3cc(OCCC(=O)O)ccc3c2=O)ccc1C(C)C. The second-order valence-electron chi connectivity index (χ2n) is 6.85. The molecule has 1 aromatic heterocycles. The number of hydrogen-bond acceptors (Lipinski definition) is 5. The fourth-order valence-electron chi connectivity index (χ4n) is 2.99. The molecule has 0 aliphatic carbocycles. The fourth-order valence-corrected chi connectivity index (χ4v) is 2.99. The highest BCUT2D eigenvalue weighted by atomic mass is 16.5. The molecule has 0 spiro atoms. The highest BCUT2D eigenvalue weighted by Crippen LogP contribution is 2.27. The van der Waals surface area contributed by atoms with Crippen LogP contribution < -0.4 is 14.9 Å². The van der Waals surface area contributed by atoms with Crippen molar-refractivity contribution in [1.29, 1.82) is 0 Å². The van der Waals surface area contributed by atoms with Gasteiger partial charge in [-0.15, -0.1) is 0 Å². The largest absolute Gasteiger partial charge is 0.493 e. The number of carbonyl (C=O) groups is 1. The van der Waals surface area contributed by atoms with Gasteiger partial charge in [-0.3, -0.25) is 9.59 Å². The topological polar surface area (TPSA) is 86.0 Å². The Kier molecular flexibility index (Phi) is 5.68. The average Bonchev–Trinajstić information content (AvgIpc) is 2.63. The molecule has 0 saturated carbocycles. The van der Waals surface area contributed by atoms with Crippen molar-refractivity contribution >= 4 is 16.9 Å². The van der Waals surface area contributed by atoms with E-state index in [1.807, 2.05) is 25.1 Å². The van der Waals surface area contributed by atoms with E-state index < -0.39 is 5.97 Å². The summed E-state index contributed by atoms with van der Waals surface area (Å²) in [4.78, 5) is 23.3. The van der Waals surface area contributed by atoms with Gasteiger partial charge < -0.3 is 19.0 Å². The quantitative estimate of drug-likeness (QED) is 0.627. The van der Waals surface area contributed by atoms with Crippen LogP contribution in [0.4, 0.5) is 0 Å². The van der Waals surface area contributed by atoms with Crippen molar-refractivity contribution in [3.63, 3.8) is 0 Å². The molecule has 2 aromatic carbocycles. The predicted molar refractivity (Wildman–Crippen MR) is 106 cm³/mol. The summed E-state index contributed by atoms with van der Waals surface area (Å²) in [5.41, 5.74) is 2.38. The molecule has 0 radical (unpaired) electrons. The lowest BCUT2D eigenvalue weighted by Crippen LogP contribution is -2.06. The third kappa shape index (κ3) is 4.34. The zero-order valence-electron chi connectivity index (χ0n) is 16.0. The van der Waals surface area contributed by atoms with Crippen LogP contribution in [0.3, 0.4) is 0 Å². The molecule has 0 bridgehead atoms. The van der Waals surface area contributed by atoms with Gasteiger partial charge in [0, 0.05) is 6.07 Å². The summed E-state index contributed by atoms with van der Waals surface area (Å²) in [6.45, 7) is 6.30. The van der Waals surface area contributed by atoms with Crippen molar-refractivity contribution in [2.24, 2.45) is 0 Å². The molecule has 3 aromatic rings. The first kappa shape index (κ1) is 19.5. The van der Waals surface area contributed by atoms with E-state index in [1.54, 1.807) is 18.2 Å². The van der Waals surface area contributed by atoms with Gasteiger partial charge in [0.05, 0.1) is 18.4 Å². The first-order valence-corrected chi connectivity index (χ1v) is 9.03. The maximum absolute atomic E-state index is 12.7. The Hall–Kier alpha value is -3.28. The van der Waals surface area contributed by atoms with E-state index in [4.69, 9.17) is 19.0 Å². The molecular formula is C22H22O6. The van der Waals surface area contributed by atoms with Gasteiger partial charge in [0.1, 0.15) is 23.3 Å². The third-order valence-electron chi connectivity index (χ3n) is 4.39. The van der Waals surface area contributed by atoms with Gasteiger partial charge in [-0.25, -0.2) is 0 Å². The summed E-state index contributed by atoms with van der Waals surface area (Å²) in [6, 6.07) is 10.5. The second-order valence-corrected chi connectivity index (χ2v) is 6.85. The minimum atomic E-state index is -0.939.